The van der Waals surface area contributed by atoms with Gasteiger partial charge in [-0.2, -0.15) is 13.2 Å². The highest BCUT2D eigenvalue weighted by Gasteiger charge is 2.28. The summed E-state index contributed by atoms with van der Waals surface area (Å²) in [5, 5.41) is 3.45. The van der Waals surface area contributed by atoms with E-state index in [1.165, 1.54) is 5.56 Å². The molecule has 2 atom stereocenters. The fraction of sp³-hybridized carbons (Fsp3) is 0.625. The van der Waals surface area contributed by atoms with Crippen LogP contribution in [0.5, 0.6) is 0 Å². The lowest BCUT2D eigenvalue weighted by Gasteiger charge is -2.39. The van der Waals surface area contributed by atoms with Crippen molar-refractivity contribution in [3.63, 3.8) is 0 Å². The van der Waals surface area contributed by atoms with Crippen LogP contribution in [0.15, 0.2) is 30.3 Å². The Balaban J connectivity index is 1.90. The number of nitrogens with zero attached hydrogens (tertiary/aromatic N) is 1. The first-order chi connectivity index (χ1) is 9.96. The van der Waals surface area contributed by atoms with Crippen molar-refractivity contribution >= 4 is 0 Å². The van der Waals surface area contributed by atoms with Gasteiger partial charge in [-0.05, 0) is 31.9 Å². The summed E-state index contributed by atoms with van der Waals surface area (Å²) in [5.41, 5.74) is 1.23. The number of halogens is 3. The van der Waals surface area contributed by atoms with Crippen molar-refractivity contribution in [2.24, 2.45) is 0 Å². The van der Waals surface area contributed by atoms with Gasteiger partial charge < -0.3 is 5.32 Å². The zero-order valence-electron chi connectivity index (χ0n) is 12.4. The van der Waals surface area contributed by atoms with E-state index in [-0.39, 0.29) is 12.5 Å². The Morgan fingerprint density at radius 2 is 1.90 bits per heavy atom. The Bertz CT molecular complexity index is 419. The van der Waals surface area contributed by atoms with Gasteiger partial charge in [-0.3, -0.25) is 4.90 Å². The number of hydrogen-bond donors (Lipinski definition) is 1. The molecule has 0 aliphatic carbocycles. The fourth-order valence-electron chi connectivity index (χ4n) is 2.88. The second-order valence-corrected chi connectivity index (χ2v) is 5.80. The first kappa shape index (κ1) is 16.3. The lowest BCUT2D eigenvalue weighted by atomic mass is 10.0. The molecule has 0 bridgehead atoms. The minimum absolute atomic E-state index is 0.212. The van der Waals surface area contributed by atoms with Gasteiger partial charge in [0.2, 0.25) is 0 Å². The number of rotatable bonds is 5. The molecule has 1 saturated heterocycles. The first-order valence-electron chi connectivity index (χ1n) is 7.55. The average Bonchev–Trinajstić information content (AvgIpc) is 2.44. The molecule has 5 heteroatoms. The van der Waals surface area contributed by atoms with Crippen LogP contribution >= 0.6 is 0 Å². The third-order valence-electron chi connectivity index (χ3n) is 3.95. The van der Waals surface area contributed by atoms with E-state index in [4.69, 9.17) is 0 Å². The van der Waals surface area contributed by atoms with Crippen LogP contribution in [0.2, 0.25) is 0 Å². The topological polar surface area (TPSA) is 15.3 Å². The van der Waals surface area contributed by atoms with E-state index in [1.807, 2.05) is 18.2 Å². The highest BCUT2D eigenvalue weighted by Crippen LogP contribution is 2.26. The second-order valence-electron chi connectivity index (χ2n) is 5.80. The van der Waals surface area contributed by atoms with E-state index >= 15 is 0 Å². The van der Waals surface area contributed by atoms with Crippen LogP contribution < -0.4 is 5.32 Å². The molecule has 0 spiro atoms. The summed E-state index contributed by atoms with van der Waals surface area (Å²) in [4.78, 5) is 2.31. The van der Waals surface area contributed by atoms with Gasteiger partial charge in [-0.15, -0.1) is 0 Å². The summed E-state index contributed by atoms with van der Waals surface area (Å²) in [7, 11) is 0. The van der Waals surface area contributed by atoms with Gasteiger partial charge in [0.1, 0.15) is 0 Å². The van der Waals surface area contributed by atoms with E-state index in [0.29, 0.717) is 12.5 Å². The van der Waals surface area contributed by atoms with E-state index < -0.39 is 12.6 Å². The van der Waals surface area contributed by atoms with E-state index in [2.05, 4.69) is 29.3 Å². The molecule has 0 amide bonds. The van der Waals surface area contributed by atoms with Crippen LogP contribution in [-0.2, 0) is 0 Å². The molecule has 21 heavy (non-hydrogen) atoms. The summed E-state index contributed by atoms with van der Waals surface area (Å²) in [6.07, 6.45) is -3.90. The van der Waals surface area contributed by atoms with Gasteiger partial charge in [0.15, 0.2) is 0 Å². The molecule has 0 radical (unpaired) electrons. The molecule has 2 unspecified atom stereocenters. The van der Waals surface area contributed by atoms with E-state index in [9.17, 15) is 13.2 Å². The Hall–Kier alpha value is -1.07. The molecule has 1 N–H and O–H groups in total. The quantitative estimate of drug-likeness (QED) is 0.833. The normalized spacial score (nSPS) is 24.2. The van der Waals surface area contributed by atoms with Crippen LogP contribution in [0.3, 0.4) is 0 Å². The van der Waals surface area contributed by atoms with Crippen molar-refractivity contribution in [1.82, 2.24) is 10.2 Å². The fourth-order valence-corrected chi connectivity index (χ4v) is 2.88. The number of hydrogen-bond acceptors (Lipinski definition) is 2. The van der Waals surface area contributed by atoms with Crippen molar-refractivity contribution < 1.29 is 13.2 Å². The first-order valence-corrected chi connectivity index (χ1v) is 7.55. The van der Waals surface area contributed by atoms with E-state index in [0.717, 1.165) is 19.6 Å². The van der Waals surface area contributed by atoms with Crippen LogP contribution in [0.4, 0.5) is 13.2 Å². The van der Waals surface area contributed by atoms with E-state index in [1.54, 1.807) is 0 Å². The highest BCUT2D eigenvalue weighted by molar-refractivity contribution is 5.20. The zero-order valence-corrected chi connectivity index (χ0v) is 12.4. The number of nitrogens with one attached hydrogen (secondary N) is 1. The Morgan fingerprint density at radius 1 is 1.19 bits per heavy atom. The smallest absolute Gasteiger partial charge is 0.311 e. The SMILES string of the molecule is CC1CN(CCCCC(F)(F)F)C(c2ccccc2)CN1. The predicted molar refractivity (Wildman–Crippen MR) is 78.1 cm³/mol. The Morgan fingerprint density at radius 3 is 2.57 bits per heavy atom. The third kappa shape index (κ3) is 5.32. The molecular formula is C16H23F3N2. The largest absolute Gasteiger partial charge is 0.389 e. The molecule has 2 nitrogen and oxygen atoms in total. The average molecular weight is 300 g/mol. The lowest BCUT2D eigenvalue weighted by Crippen LogP contribution is -2.51. The Kier molecular flexibility index (Phi) is 5.65. The molecule has 0 aromatic heterocycles. The van der Waals surface area contributed by atoms with Gasteiger partial charge in [0.05, 0.1) is 0 Å². The van der Waals surface area contributed by atoms with Crippen molar-refractivity contribution in [2.45, 2.75) is 44.4 Å². The molecule has 118 valence electrons. The number of alkyl halides is 3. The van der Waals surface area contributed by atoms with Gasteiger partial charge in [0.25, 0.3) is 0 Å². The molecule has 0 saturated carbocycles. The number of unbranched alkanes of at least 4 members (excludes halogenated alkanes) is 1. The number of benzene rings is 1. The van der Waals surface area contributed by atoms with Crippen LogP contribution in [0.25, 0.3) is 0 Å². The minimum atomic E-state index is -4.03. The summed E-state index contributed by atoms with van der Waals surface area (Å²) in [5.74, 6) is 0. The second kappa shape index (κ2) is 7.27. The molecule has 1 aliphatic heterocycles. The molecule has 1 fully saturated rings. The van der Waals surface area contributed by atoms with Gasteiger partial charge in [0, 0.05) is 31.6 Å². The van der Waals surface area contributed by atoms with Gasteiger partial charge in [-0.25, -0.2) is 0 Å². The van der Waals surface area contributed by atoms with Crippen LogP contribution in [0.1, 0.15) is 37.8 Å². The van der Waals surface area contributed by atoms with Gasteiger partial charge in [-0.1, -0.05) is 30.3 Å². The van der Waals surface area contributed by atoms with Gasteiger partial charge >= 0.3 is 6.18 Å². The molecular weight excluding hydrogens is 277 g/mol. The van der Waals surface area contributed by atoms with Crippen molar-refractivity contribution in [3.05, 3.63) is 35.9 Å². The van der Waals surface area contributed by atoms with Crippen molar-refractivity contribution in [3.8, 4) is 0 Å². The molecule has 1 aromatic carbocycles. The Labute approximate surface area is 124 Å². The summed E-state index contributed by atoms with van der Waals surface area (Å²) in [6, 6.07) is 10.8. The molecule has 2 rings (SSSR count). The monoisotopic (exact) mass is 300 g/mol. The van der Waals surface area contributed by atoms with Crippen LogP contribution in [-0.4, -0.2) is 36.8 Å². The summed E-state index contributed by atoms with van der Waals surface area (Å²) < 4.78 is 36.6. The third-order valence-corrected chi connectivity index (χ3v) is 3.95. The summed E-state index contributed by atoms with van der Waals surface area (Å²) in [6.45, 7) is 4.57. The standard InChI is InChI=1S/C16H23F3N2/c1-13-12-21(10-6-5-9-16(17,18)19)15(11-20-13)14-7-3-2-4-8-14/h2-4,7-8,13,15,20H,5-6,9-12H2,1H3. The molecule has 1 aromatic rings. The number of piperazine rings is 1. The lowest BCUT2D eigenvalue weighted by molar-refractivity contribution is -0.135. The maximum atomic E-state index is 12.2. The maximum absolute atomic E-state index is 12.2. The predicted octanol–water partition coefficient (Wildman–Crippen LogP) is 3.75. The van der Waals surface area contributed by atoms with Crippen molar-refractivity contribution in [1.29, 1.82) is 0 Å². The molecule has 1 aliphatic rings. The highest BCUT2D eigenvalue weighted by atomic mass is 19.4. The summed E-state index contributed by atoms with van der Waals surface area (Å²) >= 11 is 0. The minimum Gasteiger partial charge on any atom is -0.311 e. The maximum Gasteiger partial charge on any atom is 0.389 e. The molecule has 1 heterocycles. The zero-order chi connectivity index (χ0) is 15.3. The van der Waals surface area contributed by atoms with Crippen LogP contribution in [0, 0.1) is 0 Å². The van der Waals surface area contributed by atoms with Crippen molar-refractivity contribution in [2.75, 3.05) is 19.6 Å².